The number of nitrogens with zero attached hydrogens (tertiary/aromatic N) is 2. The summed E-state index contributed by atoms with van der Waals surface area (Å²) in [6.45, 7) is 1.40. The maximum absolute atomic E-state index is 14.0. The van der Waals surface area contributed by atoms with Crippen LogP contribution < -0.4 is 9.62 Å². The van der Waals surface area contributed by atoms with Crippen LogP contribution in [-0.2, 0) is 32.6 Å². The molecular weight excluding hydrogens is 604 g/mol. The highest BCUT2D eigenvalue weighted by atomic mass is 35.5. The van der Waals surface area contributed by atoms with E-state index in [0.29, 0.717) is 22.2 Å². The van der Waals surface area contributed by atoms with Crippen molar-refractivity contribution in [2.24, 2.45) is 0 Å². The van der Waals surface area contributed by atoms with E-state index in [1.54, 1.807) is 19.1 Å². The van der Waals surface area contributed by atoms with E-state index < -0.39 is 34.4 Å². The molecule has 1 N–H and O–H groups in total. The van der Waals surface area contributed by atoms with Gasteiger partial charge in [0.2, 0.25) is 21.8 Å². The molecule has 1 atom stereocenters. The van der Waals surface area contributed by atoms with E-state index in [4.69, 9.17) is 46.4 Å². The van der Waals surface area contributed by atoms with Gasteiger partial charge in [-0.2, -0.15) is 0 Å². The summed E-state index contributed by atoms with van der Waals surface area (Å²) < 4.78 is 26.6. The van der Waals surface area contributed by atoms with E-state index in [-0.39, 0.29) is 28.7 Å². The third-order valence-corrected chi connectivity index (χ3v) is 8.10. The number of carbonyl (C=O) groups excluding carboxylic acids is 2. The molecule has 208 valence electrons. The van der Waals surface area contributed by atoms with Crippen molar-refractivity contribution in [3.63, 3.8) is 0 Å². The quantitative estimate of drug-likeness (QED) is 0.288. The van der Waals surface area contributed by atoms with Crippen molar-refractivity contribution in [1.29, 1.82) is 0 Å². The maximum atomic E-state index is 14.0. The van der Waals surface area contributed by atoms with Gasteiger partial charge < -0.3 is 10.2 Å². The molecule has 0 spiro atoms. The summed E-state index contributed by atoms with van der Waals surface area (Å²) in [6, 6.07) is 17.4. The van der Waals surface area contributed by atoms with Crippen LogP contribution in [0.3, 0.4) is 0 Å². The normalized spacial score (nSPS) is 12.1. The zero-order valence-corrected chi connectivity index (χ0v) is 25.0. The average Bonchev–Trinajstić information content (AvgIpc) is 2.87. The van der Waals surface area contributed by atoms with Crippen molar-refractivity contribution in [1.82, 2.24) is 10.2 Å². The summed E-state index contributed by atoms with van der Waals surface area (Å²) in [5.41, 5.74) is 1.39. The van der Waals surface area contributed by atoms with Gasteiger partial charge in [-0.25, -0.2) is 8.42 Å². The van der Waals surface area contributed by atoms with E-state index in [0.717, 1.165) is 16.1 Å². The smallest absolute Gasteiger partial charge is 0.244 e. The number of benzene rings is 3. The van der Waals surface area contributed by atoms with Gasteiger partial charge in [0.05, 0.1) is 17.0 Å². The molecule has 0 bridgehead atoms. The van der Waals surface area contributed by atoms with Gasteiger partial charge in [0.25, 0.3) is 0 Å². The number of carbonyl (C=O) groups is 2. The Labute approximate surface area is 248 Å². The fourth-order valence-electron chi connectivity index (χ4n) is 3.95. The van der Waals surface area contributed by atoms with Crippen LogP contribution in [0.5, 0.6) is 0 Å². The number of nitrogens with one attached hydrogen (secondary N) is 1. The van der Waals surface area contributed by atoms with Crippen molar-refractivity contribution < 1.29 is 18.0 Å². The lowest BCUT2D eigenvalue weighted by molar-refractivity contribution is -0.140. The molecule has 39 heavy (non-hydrogen) atoms. The first-order chi connectivity index (χ1) is 18.4. The molecule has 0 fully saturated rings. The second kappa shape index (κ2) is 13.7. The van der Waals surface area contributed by atoms with E-state index in [2.05, 4.69) is 5.32 Å². The first-order valence-corrected chi connectivity index (χ1v) is 15.2. The predicted molar refractivity (Wildman–Crippen MR) is 158 cm³/mol. The SMILES string of the molecule is CCNC(=O)C(Cc1ccccc1)N(Cc1ccc(Cl)cc1Cl)C(=O)CN(c1cc(Cl)ccc1Cl)S(C)(=O)=O. The minimum absolute atomic E-state index is 0.0436. The van der Waals surface area contributed by atoms with Crippen molar-refractivity contribution in [3.05, 3.63) is 97.9 Å². The number of halogens is 4. The van der Waals surface area contributed by atoms with Gasteiger partial charge in [-0.05, 0) is 48.4 Å². The maximum Gasteiger partial charge on any atom is 0.244 e. The average molecular weight is 631 g/mol. The molecule has 0 aliphatic carbocycles. The molecular formula is C27H27Cl4N3O4S. The van der Waals surface area contributed by atoms with E-state index in [1.165, 1.54) is 29.2 Å². The van der Waals surface area contributed by atoms with Gasteiger partial charge in [0, 0.05) is 34.6 Å². The lowest BCUT2D eigenvalue weighted by Crippen LogP contribution is -2.53. The van der Waals surface area contributed by atoms with Gasteiger partial charge in [-0.15, -0.1) is 0 Å². The Morgan fingerprint density at radius 3 is 2.15 bits per heavy atom. The standard InChI is InChI=1S/C27H27Cl4N3O4S/c1-3-32-27(36)25(13-18-7-5-4-6-8-18)33(16-19-9-10-20(28)14-23(19)31)26(35)17-34(39(2,37)38)24-15-21(29)11-12-22(24)30/h4-12,14-15,25H,3,13,16-17H2,1-2H3,(H,32,36). The van der Waals surface area contributed by atoms with Crippen LogP contribution in [0.4, 0.5) is 5.69 Å². The Morgan fingerprint density at radius 2 is 1.54 bits per heavy atom. The summed E-state index contributed by atoms with van der Waals surface area (Å²) in [7, 11) is -3.99. The zero-order valence-electron chi connectivity index (χ0n) is 21.2. The van der Waals surface area contributed by atoms with Crippen molar-refractivity contribution in [2.75, 3.05) is 23.7 Å². The van der Waals surface area contributed by atoms with Crippen LogP contribution in [0.15, 0.2) is 66.7 Å². The first-order valence-electron chi connectivity index (χ1n) is 11.9. The summed E-state index contributed by atoms with van der Waals surface area (Å²) in [6.07, 6.45) is 1.14. The third kappa shape index (κ3) is 8.50. The van der Waals surface area contributed by atoms with Crippen molar-refractivity contribution >= 4 is 73.9 Å². The van der Waals surface area contributed by atoms with Crippen LogP contribution >= 0.6 is 46.4 Å². The van der Waals surface area contributed by atoms with E-state index in [1.807, 2.05) is 30.3 Å². The summed E-state index contributed by atoms with van der Waals surface area (Å²) in [5, 5.41) is 3.82. The summed E-state index contributed by atoms with van der Waals surface area (Å²) >= 11 is 24.9. The number of anilines is 1. The molecule has 7 nitrogen and oxygen atoms in total. The van der Waals surface area contributed by atoms with Crippen LogP contribution in [0, 0.1) is 0 Å². The van der Waals surface area contributed by atoms with E-state index >= 15 is 0 Å². The van der Waals surface area contributed by atoms with Crippen molar-refractivity contribution in [3.8, 4) is 0 Å². The molecule has 0 aliphatic rings. The lowest BCUT2D eigenvalue weighted by atomic mass is 10.0. The van der Waals surface area contributed by atoms with Crippen LogP contribution in [0.2, 0.25) is 20.1 Å². The second-order valence-corrected chi connectivity index (χ2v) is 12.3. The predicted octanol–water partition coefficient (Wildman–Crippen LogP) is 5.84. The summed E-state index contributed by atoms with van der Waals surface area (Å²) in [5.74, 6) is -1.04. The largest absolute Gasteiger partial charge is 0.355 e. The molecule has 0 saturated carbocycles. The van der Waals surface area contributed by atoms with Gasteiger partial charge in [0.1, 0.15) is 12.6 Å². The minimum Gasteiger partial charge on any atom is -0.355 e. The van der Waals surface area contributed by atoms with Gasteiger partial charge in [-0.3, -0.25) is 13.9 Å². The number of amides is 2. The van der Waals surface area contributed by atoms with Crippen molar-refractivity contribution in [2.45, 2.75) is 25.9 Å². The molecule has 12 heteroatoms. The molecule has 3 rings (SSSR count). The molecule has 0 radical (unpaired) electrons. The van der Waals surface area contributed by atoms with Gasteiger partial charge in [0.15, 0.2) is 0 Å². The Hall–Kier alpha value is -2.49. The minimum atomic E-state index is -3.99. The molecule has 3 aromatic rings. The fraction of sp³-hybridized carbons (Fsp3) is 0.259. The van der Waals surface area contributed by atoms with Gasteiger partial charge in [-0.1, -0.05) is 82.8 Å². The number of hydrogen-bond donors (Lipinski definition) is 1. The molecule has 2 amide bonds. The molecule has 3 aromatic carbocycles. The van der Waals surface area contributed by atoms with Gasteiger partial charge >= 0.3 is 0 Å². The Kier molecular flexibility index (Phi) is 10.9. The molecule has 0 aromatic heterocycles. The molecule has 0 aliphatic heterocycles. The number of rotatable bonds is 11. The zero-order chi connectivity index (χ0) is 28.7. The third-order valence-electron chi connectivity index (χ3n) is 5.83. The van der Waals surface area contributed by atoms with Crippen LogP contribution in [-0.4, -0.2) is 50.5 Å². The molecule has 0 heterocycles. The highest BCUT2D eigenvalue weighted by Crippen LogP contribution is 2.31. The highest BCUT2D eigenvalue weighted by Gasteiger charge is 2.33. The highest BCUT2D eigenvalue weighted by molar-refractivity contribution is 7.92. The first kappa shape index (κ1) is 31.0. The number of sulfonamides is 1. The Bertz CT molecular complexity index is 1440. The number of hydrogen-bond acceptors (Lipinski definition) is 4. The van der Waals surface area contributed by atoms with Crippen LogP contribution in [0.1, 0.15) is 18.1 Å². The fourth-order valence-corrected chi connectivity index (χ4v) is 5.71. The molecule has 1 unspecified atom stereocenters. The topological polar surface area (TPSA) is 86.8 Å². The number of likely N-dealkylation sites (N-methyl/N-ethyl adjacent to an activating group) is 1. The Balaban J connectivity index is 2.09. The second-order valence-electron chi connectivity index (χ2n) is 8.72. The monoisotopic (exact) mass is 629 g/mol. The Morgan fingerprint density at radius 1 is 0.897 bits per heavy atom. The van der Waals surface area contributed by atoms with Crippen LogP contribution in [0.25, 0.3) is 0 Å². The van der Waals surface area contributed by atoms with E-state index in [9.17, 15) is 18.0 Å². The summed E-state index contributed by atoms with van der Waals surface area (Å²) in [4.78, 5) is 28.7. The lowest BCUT2D eigenvalue weighted by Gasteiger charge is -2.33. The molecule has 0 saturated heterocycles.